The van der Waals surface area contributed by atoms with E-state index in [1.54, 1.807) is 12.1 Å². The fraction of sp³-hybridized carbons (Fsp3) is 0.353. The molecule has 7 heteroatoms. The van der Waals surface area contributed by atoms with E-state index >= 15 is 0 Å². The van der Waals surface area contributed by atoms with Crippen LogP contribution in [0.4, 0.5) is 0 Å². The predicted octanol–water partition coefficient (Wildman–Crippen LogP) is 7.91. The number of esters is 1. The molecule has 0 saturated heterocycles. The molecule has 0 spiro atoms. The molecule has 0 aliphatic carbocycles. The Kier molecular flexibility index (Phi) is 9.71. The molecule has 7 nitrogen and oxygen atoms in total. The van der Waals surface area contributed by atoms with Crippen LogP contribution in [0.15, 0.2) is 54.6 Å². The third kappa shape index (κ3) is 7.28. The molecule has 3 aromatic carbocycles. The first-order valence-electron chi connectivity index (χ1n) is 14.2. The molecule has 214 valence electrons. The smallest absolute Gasteiger partial charge is 0.311 e. The number of phenolic OH excluding ortho intramolecular Hbond substituents is 1. The number of benzene rings is 3. The minimum absolute atomic E-state index is 0.0486. The standard InChI is InChI=1S/C34H39N3O4/c1-7-9-10-25(8-2)34(39)41-20-40-26-13-16-29(30(38)19-26)33-36-31(27-14-11-21(3)17-23(27)5)35-32(37-33)28-15-12-22(4)18-24(28)6/h11-19,25,38H,7-10,20H2,1-6H3. The number of aryl methyl sites for hydroxylation is 4. The molecule has 1 unspecified atom stereocenters. The first kappa shape index (κ1) is 29.7. The van der Waals surface area contributed by atoms with E-state index in [0.29, 0.717) is 28.8 Å². The molecule has 0 saturated carbocycles. The monoisotopic (exact) mass is 553 g/mol. The van der Waals surface area contributed by atoms with Crippen molar-refractivity contribution in [2.24, 2.45) is 5.92 Å². The van der Waals surface area contributed by atoms with E-state index < -0.39 is 0 Å². The van der Waals surface area contributed by atoms with Crippen molar-refractivity contribution in [1.82, 2.24) is 15.0 Å². The van der Waals surface area contributed by atoms with Crippen LogP contribution >= 0.6 is 0 Å². The normalized spacial score (nSPS) is 11.8. The number of carbonyl (C=O) groups is 1. The summed E-state index contributed by atoms with van der Waals surface area (Å²) in [6.07, 6.45) is 3.55. The highest BCUT2D eigenvalue weighted by Crippen LogP contribution is 2.34. The molecule has 0 radical (unpaired) electrons. The molecule has 41 heavy (non-hydrogen) atoms. The van der Waals surface area contributed by atoms with Gasteiger partial charge in [-0.3, -0.25) is 4.79 Å². The maximum absolute atomic E-state index is 12.4. The topological polar surface area (TPSA) is 94.4 Å². The summed E-state index contributed by atoms with van der Waals surface area (Å²) in [4.78, 5) is 26.8. The average molecular weight is 554 g/mol. The van der Waals surface area contributed by atoms with Crippen LogP contribution in [-0.2, 0) is 9.53 Å². The van der Waals surface area contributed by atoms with Crippen molar-refractivity contribution >= 4 is 5.97 Å². The van der Waals surface area contributed by atoms with Gasteiger partial charge in [0.05, 0.1) is 11.5 Å². The number of aromatic hydroxyl groups is 1. The Bertz CT molecular complexity index is 1460. The zero-order chi connectivity index (χ0) is 29.5. The summed E-state index contributed by atoms with van der Waals surface area (Å²) >= 11 is 0. The number of nitrogens with zero attached hydrogens (tertiary/aromatic N) is 3. The van der Waals surface area contributed by atoms with E-state index in [1.807, 2.05) is 58.9 Å². The van der Waals surface area contributed by atoms with E-state index in [9.17, 15) is 9.90 Å². The molecule has 0 amide bonds. The third-order valence-corrected chi connectivity index (χ3v) is 7.25. The van der Waals surface area contributed by atoms with Gasteiger partial charge in [-0.25, -0.2) is 15.0 Å². The second-order valence-electron chi connectivity index (χ2n) is 10.6. The molecule has 1 N–H and O–H groups in total. The maximum atomic E-state index is 12.4. The Morgan fingerprint density at radius 3 is 1.80 bits per heavy atom. The lowest BCUT2D eigenvalue weighted by Gasteiger charge is -2.15. The summed E-state index contributed by atoms with van der Waals surface area (Å²) in [5, 5.41) is 11.0. The summed E-state index contributed by atoms with van der Waals surface area (Å²) < 4.78 is 11.0. The quantitative estimate of drug-likeness (QED) is 0.149. The van der Waals surface area contributed by atoms with Gasteiger partial charge < -0.3 is 14.6 Å². The van der Waals surface area contributed by atoms with Crippen molar-refractivity contribution in [2.75, 3.05) is 6.79 Å². The molecule has 0 fully saturated rings. The van der Waals surface area contributed by atoms with Gasteiger partial charge in [-0.1, -0.05) is 74.2 Å². The molecule has 1 aromatic heterocycles. The Hall–Kier alpha value is -4.26. The number of unbranched alkanes of at least 4 members (excludes halogenated alkanes) is 1. The fourth-order valence-corrected chi connectivity index (χ4v) is 4.87. The third-order valence-electron chi connectivity index (χ3n) is 7.25. The molecule has 0 aliphatic rings. The van der Waals surface area contributed by atoms with E-state index in [4.69, 9.17) is 24.4 Å². The van der Waals surface area contributed by atoms with E-state index in [-0.39, 0.29) is 24.4 Å². The molecule has 4 aromatic rings. The highest BCUT2D eigenvalue weighted by molar-refractivity contribution is 5.73. The average Bonchev–Trinajstić information content (AvgIpc) is 2.93. The lowest BCUT2D eigenvalue weighted by molar-refractivity contribution is -0.155. The van der Waals surface area contributed by atoms with Gasteiger partial charge in [-0.2, -0.15) is 0 Å². The zero-order valence-corrected chi connectivity index (χ0v) is 24.8. The number of hydrogen-bond acceptors (Lipinski definition) is 7. The maximum Gasteiger partial charge on any atom is 0.311 e. The van der Waals surface area contributed by atoms with E-state index in [1.165, 1.54) is 6.07 Å². The summed E-state index contributed by atoms with van der Waals surface area (Å²) in [7, 11) is 0. The molecule has 1 atom stereocenters. The number of phenols is 1. The summed E-state index contributed by atoms with van der Waals surface area (Å²) in [5.41, 5.74) is 6.65. The second-order valence-corrected chi connectivity index (χ2v) is 10.6. The first-order chi connectivity index (χ1) is 19.7. The Labute approximate surface area is 242 Å². The van der Waals surface area contributed by atoms with Gasteiger partial charge >= 0.3 is 5.97 Å². The van der Waals surface area contributed by atoms with Crippen LogP contribution in [0.2, 0.25) is 0 Å². The fourth-order valence-electron chi connectivity index (χ4n) is 4.87. The van der Waals surface area contributed by atoms with Gasteiger partial charge in [0.1, 0.15) is 11.5 Å². The van der Waals surface area contributed by atoms with Crippen LogP contribution in [0, 0.1) is 33.6 Å². The molecule has 4 rings (SSSR count). The minimum atomic E-state index is -0.259. The van der Waals surface area contributed by atoms with Gasteiger partial charge in [0.2, 0.25) is 6.79 Å². The summed E-state index contributed by atoms with van der Waals surface area (Å²) in [5.74, 6) is 1.35. The largest absolute Gasteiger partial charge is 0.507 e. The lowest BCUT2D eigenvalue weighted by atomic mass is 10.00. The van der Waals surface area contributed by atoms with Gasteiger partial charge in [-0.15, -0.1) is 0 Å². The van der Waals surface area contributed by atoms with Gasteiger partial charge in [0.25, 0.3) is 0 Å². The van der Waals surface area contributed by atoms with Gasteiger partial charge in [0.15, 0.2) is 17.5 Å². The molecular weight excluding hydrogens is 514 g/mol. The van der Waals surface area contributed by atoms with Crippen molar-refractivity contribution in [3.05, 3.63) is 76.9 Å². The van der Waals surface area contributed by atoms with E-state index in [2.05, 4.69) is 19.1 Å². The number of hydrogen-bond donors (Lipinski definition) is 1. The van der Waals surface area contributed by atoms with E-state index in [0.717, 1.165) is 59.1 Å². The molecule has 0 bridgehead atoms. The van der Waals surface area contributed by atoms with Gasteiger partial charge in [0, 0.05) is 17.2 Å². The molecule has 0 aliphatic heterocycles. The SMILES string of the molecule is CCCCC(CC)C(=O)OCOc1ccc(-c2nc(-c3ccc(C)cc3C)nc(-c3ccc(C)cc3C)n2)c(O)c1. The highest BCUT2D eigenvalue weighted by Gasteiger charge is 2.19. The number of rotatable bonds is 11. The first-order valence-corrected chi connectivity index (χ1v) is 14.2. The highest BCUT2D eigenvalue weighted by atomic mass is 16.7. The summed E-state index contributed by atoms with van der Waals surface area (Å²) in [6, 6.07) is 17.2. The van der Waals surface area contributed by atoms with Crippen LogP contribution < -0.4 is 4.74 Å². The second kappa shape index (κ2) is 13.4. The number of carbonyl (C=O) groups excluding carboxylic acids is 1. The van der Waals surface area contributed by atoms with Crippen molar-refractivity contribution < 1.29 is 19.4 Å². The van der Waals surface area contributed by atoms with Crippen molar-refractivity contribution in [3.8, 4) is 45.7 Å². The summed E-state index contributed by atoms with van der Waals surface area (Å²) in [6.45, 7) is 12.0. The predicted molar refractivity (Wildman–Crippen MR) is 162 cm³/mol. The van der Waals surface area contributed by atoms with Crippen LogP contribution in [0.1, 0.15) is 61.8 Å². The zero-order valence-electron chi connectivity index (χ0n) is 24.8. The lowest BCUT2D eigenvalue weighted by Crippen LogP contribution is -2.19. The van der Waals surface area contributed by atoms with Gasteiger partial charge in [-0.05, 0) is 63.8 Å². The Balaban J connectivity index is 1.64. The van der Waals surface area contributed by atoms with Crippen molar-refractivity contribution in [3.63, 3.8) is 0 Å². The van der Waals surface area contributed by atoms with Crippen molar-refractivity contribution in [2.45, 2.75) is 67.2 Å². The van der Waals surface area contributed by atoms with Crippen LogP contribution in [0.25, 0.3) is 34.2 Å². The minimum Gasteiger partial charge on any atom is -0.507 e. The molecule has 1 heterocycles. The Morgan fingerprint density at radius 1 is 0.780 bits per heavy atom. The molecular formula is C34H39N3O4. The van der Waals surface area contributed by atoms with Crippen LogP contribution in [-0.4, -0.2) is 32.8 Å². The number of aromatic nitrogens is 3. The van der Waals surface area contributed by atoms with Crippen LogP contribution in [0.5, 0.6) is 11.5 Å². The van der Waals surface area contributed by atoms with Crippen LogP contribution in [0.3, 0.4) is 0 Å². The van der Waals surface area contributed by atoms with Crippen molar-refractivity contribution in [1.29, 1.82) is 0 Å². The number of ether oxygens (including phenoxy) is 2. The Morgan fingerprint density at radius 2 is 1.32 bits per heavy atom.